The molecule has 0 atom stereocenters. The second kappa shape index (κ2) is 5.96. The van der Waals surface area contributed by atoms with E-state index in [1.807, 2.05) is 42.5 Å². The highest BCUT2D eigenvalue weighted by Crippen LogP contribution is 2.24. The third-order valence-corrected chi connectivity index (χ3v) is 3.62. The van der Waals surface area contributed by atoms with E-state index in [1.165, 1.54) is 0 Å². The number of hydrogen-bond donors (Lipinski definition) is 1. The van der Waals surface area contributed by atoms with E-state index in [-0.39, 0.29) is 5.91 Å². The smallest absolute Gasteiger partial charge is 0.255 e. The van der Waals surface area contributed by atoms with Gasteiger partial charge in [0.1, 0.15) is 5.52 Å². The molecule has 1 amide bonds. The molecule has 0 saturated carbocycles. The van der Waals surface area contributed by atoms with Gasteiger partial charge in [0, 0.05) is 29.1 Å². The minimum atomic E-state index is -0.142. The Morgan fingerprint density at radius 3 is 2.50 bits per heavy atom. The molecule has 0 radical (unpaired) electrons. The van der Waals surface area contributed by atoms with Crippen LogP contribution in [0.2, 0.25) is 0 Å². The number of nitrogens with zero attached hydrogens (tertiary/aromatic N) is 2. The van der Waals surface area contributed by atoms with Crippen LogP contribution in [0.15, 0.2) is 77.5 Å². The first-order valence-electron chi connectivity index (χ1n) is 7.47. The van der Waals surface area contributed by atoms with Crippen LogP contribution >= 0.6 is 0 Å². The SMILES string of the molecule is O=C(Nc1ccc(-c2nc3cnccc3o2)cc1)c1ccccc1. The molecular weight excluding hydrogens is 302 g/mol. The normalized spacial score (nSPS) is 10.7. The number of rotatable bonds is 3. The monoisotopic (exact) mass is 315 g/mol. The van der Waals surface area contributed by atoms with Gasteiger partial charge in [0.15, 0.2) is 5.58 Å². The van der Waals surface area contributed by atoms with Gasteiger partial charge in [-0.1, -0.05) is 18.2 Å². The number of nitrogens with one attached hydrogen (secondary N) is 1. The summed E-state index contributed by atoms with van der Waals surface area (Å²) in [5.74, 6) is 0.384. The fraction of sp³-hybridized carbons (Fsp3) is 0. The molecule has 1 N–H and O–H groups in total. The number of carbonyl (C=O) groups excluding carboxylic acids is 1. The lowest BCUT2D eigenvalue weighted by Gasteiger charge is -2.05. The van der Waals surface area contributed by atoms with Crippen LogP contribution in [0.5, 0.6) is 0 Å². The number of benzene rings is 2. The third-order valence-electron chi connectivity index (χ3n) is 3.62. The molecule has 24 heavy (non-hydrogen) atoms. The molecule has 0 saturated heterocycles. The van der Waals surface area contributed by atoms with E-state index in [0.717, 1.165) is 5.56 Å². The molecule has 0 aliphatic rings. The van der Waals surface area contributed by atoms with Crippen LogP contribution in [0.25, 0.3) is 22.6 Å². The molecule has 4 aromatic rings. The second-order valence-electron chi connectivity index (χ2n) is 5.26. The predicted octanol–water partition coefficient (Wildman–Crippen LogP) is 4.14. The number of aromatic nitrogens is 2. The third kappa shape index (κ3) is 2.75. The highest BCUT2D eigenvalue weighted by molar-refractivity contribution is 6.04. The van der Waals surface area contributed by atoms with Gasteiger partial charge in [0.05, 0.1) is 6.20 Å². The summed E-state index contributed by atoms with van der Waals surface area (Å²) in [6.07, 6.45) is 3.33. The maximum atomic E-state index is 12.1. The summed E-state index contributed by atoms with van der Waals surface area (Å²) < 4.78 is 5.71. The van der Waals surface area contributed by atoms with Crippen molar-refractivity contribution in [3.8, 4) is 11.5 Å². The number of carbonyl (C=O) groups is 1. The van der Waals surface area contributed by atoms with Crippen LogP contribution in [0, 0.1) is 0 Å². The Morgan fingerprint density at radius 2 is 1.75 bits per heavy atom. The number of hydrogen-bond acceptors (Lipinski definition) is 4. The average molecular weight is 315 g/mol. The highest BCUT2D eigenvalue weighted by Gasteiger charge is 2.09. The van der Waals surface area contributed by atoms with Crippen molar-refractivity contribution >= 4 is 22.7 Å². The van der Waals surface area contributed by atoms with Crippen LogP contribution < -0.4 is 5.32 Å². The van der Waals surface area contributed by atoms with Gasteiger partial charge in [0.25, 0.3) is 5.91 Å². The first-order valence-corrected chi connectivity index (χ1v) is 7.47. The molecule has 2 aromatic carbocycles. The van der Waals surface area contributed by atoms with Crippen LogP contribution in [0.4, 0.5) is 5.69 Å². The molecule has 5 nitrogen and oxygen atoms in total. The van der Waals surface area contributed by atoms with Crippen molar-refractivity contribution < 1.29 is 9.21 Å². The van der Waals surface area contributed by atoms with Gasteiger partial charge in [-0.2, -0.15) is 0 Å². The van der Waals surface area contributed by atoms with E-state index < -0.39 is 0 Å². The zero-order valence-electron chi connectivity index (χ0n) is 12.6. The second-order valence-corrected chi connectivity index (χ2v) is 5.26. The molecule has 5 heteroatoms. The quantitative estimate of drug-likeness (QED) is 0.617. The minimum absolute atomic E-state index is 0.142. The van der Waals surface area contributed by atoms with Crippen LogP contribution in [-0.4, -0.2) is 15.9 Å². The predicted molar refractivity (Wildman–Crippen MR) is 91.6 cm³/mol. The topological polar surface area (TPSA) is 68.0 Å². The Bertz CT molecular complexity index is 959. The Labute approximate surface area is 138 Å². The molecule has 0 fully saturated rings. The summed E-state index contributed by atoms with van der Waals surface area (Å²) >= 11 is 0. The summed E-state index contributed by atoms with van der Waals surface area (Å²) in [5.41, 5.74) is 3.58. The molecule has 0 spiro atoms. The van der Waals surface area contributed by atoms with E-state index in [1.54, 1.807) is 30.6 Å². The minimum Gasteiger partial charge on any atom is -0.436 e. The standard InChI is InChI=1S/C19H13N3O2/c23-18(13-4-2-1-3-5-13)21-15-8-6-14(7-9-15)19-22-16-12-20-11-10-17(16)24-19/h1-12H,(H,21,23). The van der Waals surface area contributed by atoms with Gasteiger partial charge < -0.3 is 9.73 Å². The van der Waals surface area contributed by atoms with Crippen molar-refractivity contribution in [1.29, 1.82) is 0 Å². The maximum absolute atomic E-state index is 12.1. The molecule has 0 aliphatic heterocycles. The van der Waals surface area contributed by atoms with Gasteiger partial charge >= 0.3 is 0 Å². The number of oxazole rings is 1. The van der Waals surface area contributed by atoms with Crippen molar-refractivity contribution in [2.45, 2.75) is 0 Å². The van der Waals surface area contributed by atoms with Gasteiger partial charge in [0.2, 0.25) is 5.89 Å². The van der Waals surface area contributed by atoms with E-state index in [4.69, 9.17) is 4.42 Å². The van der Waals surface area contributed by atoms with Gasteiger partial charge in [-0.25, -0.2) is 4.98 Å². The number of fused-ring (bicyclic) bond motifs is 1. The van der Waals surface area contributed by atoms with Crippen molar-refractivity contribution in [2.24, 2.45) is 0 Å². The van der Waals surface area contributed by atoms with Crippen LogP contribution in [-0.2, 0) is 0 Å². The van der Waals surface area contributed by atoms with Crippen molar-refractivity contribution in [1.82, 2.24) is 9.97 Å². The molecule has 2 aromatic heterocycles. The lowest BCUT2D eigenvalue weighted by molar-refractivity contribution is 0.102. The Hall–Kier alpha value is -3.47. The van der Waals surface area contributed by atoms with Gasteiger partial charge in [-0.15, -0.1) is 0 Å². The first kappa shape index (κ1) is 14.1. The summed E-state index contributed by atoms with van der Waals surface area (Å²) in [6.45, 7) is 0. The fourth-order valence-corrected chi connectivity index (χ4v) is 2.39. The Balaban J connectivity index is 1.55. The first-order chi connectivity index (χ1) is 11.8. The molecule has 116 valence electrons. The zero-order valence-corrected chi connectivity index (χ0v) is 12.6. The summed E-state index contributed by atoms with van der Waals surface area (Å²) in [7, 11) is 0. The van der Waals surface area contributed by atoms with E-state index in [9.17, 15) is 4.79 Å². The summed E-state index contributed by atoms with van der Waals surface area (Å²) in [6, 6.07) is 18.2. The molecule has 0 aliphatic carbocycles. The van der Waals surface area contributed by atoms with Crippen molar-refractivity contribution in [3.05, 3.63) is 78.6 Å². The summed E-state index contributed by atoms with van der Waals surface area (Å²) in [4.78, 5) is 20.6. The largest absolute Gasteiger partial charge is 0.436 e. The van der Waals surface area contributed by atoms with Crippen LogP contribution in [0.1, 0.15) is 10.4 Å². The molecule has 0 unspecified atom stereocenters. The van der Waals surface area contributed by atoms with Crippen molar-refractivity contribution in [2.75, 3.05) is 5.32 Å². The van der Waals surface area contributed by atoms with Crippen molar-refractivity contribution in [3.63, 3.8) is 0 Å². The maximum Gasteiger partial charge on any atom is 0.255 e. The molecule has 2 heterocycles. The van der Waals surface area contributed by atoms with E-state index in [0.29, 0.717) is 28.2 Å². The lowest BCUT2D eigenvalue weighted by atomic mass is 10.2. The molecule has 0 bridgehead atoms. The zero-order chi connectivity index (χ0) is 16.4. The van der Waals surface area contributed by atoms with Gasteiger partial charge in [-0.3, -0.25) is 9.78 Å². The average Bonchev–Trinajstić information content (AvgIpc) is 3.07. The van der Waals surface area contributed by atoms with Gasteiger partial charge in [-0.05, 0) is 36.4 Å². The molecular formula is C19H13N3O2. The number of anilines is 1. The van der Waals surface area contributed by atoms with E-state index >= 15 is 0 Å². The summed E-state index contributed by atoms with van der Waals surface area (Å²) in [5, 5.41) is 2.86. The lowest BCUT2D eigenvalue weighted by Crippen LogP contribution is -2.11. The number of pyridine rings is 1. The van der Waals surface area contributed by atoms with Crippen LogP contribution in [0.3, 0.4) is 0 Å². The number of amides is 1. The highest BCUT2D eigenvalue weighted by atomic mass is 16.3. The Morgan fingerprint density at radius 1 is 0.958 bits per heavy atom. The van der Waals surface area contributed by atoms with E-state index in [2.05, 4.69) is 15.3 Å². The fourth-order valence-electron chi connectivity index (χ4n) is 2.39. The Kier molecular flexibility index (Phi) is 3.51. The molecule has 4 rings (SSSR count).